The number of fused-ring (bicyclic) bond motifs is 3. The van der Waals surface area contributed by atoms with Crippen LogP contribution in [0, 0.1) is 30.3 Å². The van der Waals surface area contributed by atoms with E-state index in [4.69, 9.17) is 0 Å². The molecule has 10 nitrogen and oxygen atoms in total. The maximum absolute atomic E-state index is 11.1. The summed E-state index contributed by atoms with van der Waals surface area (Å²) in [5, 5.41) is 33.4. The van der Waals surface area contributed by atoms with E-state index in [1.165, 1.54) is 18.2 Å². The lowest BCUT2D eigenvalue weighted by Crippen LogP contribution is -1.93. The molecule has 0 fully saturated rings. The van der Waals surface area contributed by atoms with E-state index in [1.54, 1.807) is 0 Å². The highest BCUT2D eigenvalue weighted by Crippen LogP contribution is 2.36. The van der Waals surface area contributed by atoms with Gasteiger partial charge < -0.3 is 4.98 Å². The van der Waals surface area contributed by atoms with E-state index in [9.17, 15) is 30.3 Å². The van der Waals surface area contributed by atoms with Crippen LogP contribution in [0.2, 0.25) is 0 Å². The fourth-order valence-electron chi connectivity index (χ4n) is 2.32. The quantitative estimate of drug-likeness (QED) is 0.581. The van der Waals surface area contributed by atoms with Gasteiger partial charge in [0.05, 0.1) is 20.8 Å². The Hall–Kier alpha value is -3.56. The first-order valence-corrected chi connectivity index (χ1v) is 5.91. The molecule has 0 unspecified atom stereocenters. The van der Waals surface area contributed by atoms with Gasteiger partial charge in [0.2, 0.25) is 0 Å². The summed E-state index contributed by atoms with van der Waals surface area (Å²) >= 11 is 0. The molecule has 3 rings (SSSR count). The molecule has 0 spiro atoms. The predicted molar refractivity (Wildman–Crippen MR) is 75.8 cm³/mol. The van der Waals surface area contributed by atoms with Crippen LogP contribution >= 0.6 is 0 Å². The lowest BCUT2D eigenvalue weighted by atomic mass is 10.1. The minimum absolute atomic E-state index is 0.0890. The van der Waals surface area contributed by atoms with E-state index in [1.807, 2.05) is 0 Å². The summed E-state index contributed by atoms with van der Waals surface area (Å²) in [5.74, 6) is 0. The number of non-ortho nitro benzene ring substituents is 3. The van der Waals surface area contributed by atoms with Crippen LogP contribution < -0.4 is 0 Å². The smallest absolute Gasteiger partial charge is 0.300 e. The Bertz CT molecular complexity index is 977. The third-order valence-corrected chi connectivity index (χ3v) is 3.27. The number of nitrogens with zero attached hydrogens (tertiary/aromatic N) is 3. The Morgan fingerprint density at radius 1 is 0.773 bits per heavy atom. The van der Waals surface area contributed by atoms with Gasteiger partial charge in [-0.05, 0) is 6.07 Å². The molecule has 2 aromatic carbocycles. The normalized spacial score (nSPS) is 10.9. The van der Waals surface area contributed by atoms with Gasteiger partial charge in [0.15, 0.2) is 0 Å². The molecule has 22 heavy (non-hydrogen) atoms. The zero-order chi connectivity index (χ0) is 16.0. The number of nitro benzene ring substituents is 3. The van der Waals surface area contributed by atoms with Crippen molar-refractivity contribution in [1.82, 2.24) is 4.98 Å². The maximum atomic E-state index is 11.1. The SMILES string of the molecule is O=[N+]([O-])c1ccc2[nH]c3c([N+](=O)[O-])cc([N+](=O)[O-])cc3c2c1. The molecule has 0 aliphatic carbocycles. The lowest BCUT2D eigenvalue weighted by molar-refractivity contribution is -0.393. The van der Waals surface area contributed by atoms with E-state index in [0.29, 0.717) is 10.9 Å². The van der Waals surface area contributed by atoms with Crippen LogP contribution in [0.3, 0.4) is 0 Å². The van der Waals surface area contributed by atoms with Crippen LogP contribution in [0.1, 0.15) is 0 Å². The number of H-pyrrole nitrogens is 1. The Kier molecular flexibility index (Phi) is 2.73. The summed E-state index contributed by atoms with van der Waals surface area (Å²) < 4.78 is 0. The molecular weight excluding hydrogens is 296 g/mol. The molecule has 0 aliphatic rings. The number of benzene rings is 2. The largest absolute Gasteiger partial charge is 0.349 e. The van der Waals surface area contributed by atoms with E-state index >= 15 is 0 Å². The Labute approximate surface area is 120 Å². The molecule has 0 bridgehead atoms. The highest BCUT2D eigenvalue weighted by atomic mass is 16.6. The summed E-state index contributed by atoms with van der Waals surface area (Å²) in [4.78, 5) is 33.5. The Morgan fingerprint density at radius 3 is 2.00 bits per heavy atom. The van der Waals surface area contributed by atoms with E-state index in [2.05, 4.69) is 4.98 Å². The predicted octanol–water partition coefficient (Wildman–Crippen LogP) is 3.05. The maximum Gasteiger partial charge on any atom is 0.300 e. The van der Waals surface area contributed by atoms with Gasteiger partial charge in [-0.25, -0.2) is 0 Å². The first-order valence-electron chi connectivity index (χ1n) is 5.91. The van der Waals surface area contributed by atoms with Gasteiger partial charge in [-0.1, -0.05) is 0 Å². The molecule has 110 valence electrons. The summed E-state index contributed by atoms with van der Waals surface area (Å²) in [5.41, 5.74) is -0.604. The third kappa shape index (κ3) is 1.90. The van der Waals surface area contributed by atoms with Crippen molar-refractivity contribution in [1.29, 1.82) is 0 Å². The van der Waals surface area contributed by atoms with E-state index < -0.39 is 26.1 Å². The summed E-state index contributed by atoms with van der Waals surface area (Å²) in [6, 6.07) is 5.89. The highest BCUT2D eigenvalue weighted by molar-refractivity contribution is 6.11. The molecule has 1 heterocycles. The first-order chi connectivity index (χ1) is 10.4. The van der Waals surface area contributed by atoms with Crippen molar-refractivity contribution < 1.29 is 14.8 Å². The summed E-state index contributed by atoms with van der Waals surface area (Å²) in [6.07, 6.45) is 0. The number of rotatable bonds is 3. The fraction of sp³-hybridized carbons (Fsp3) is 0. The van der Waals surface area contributed by atoms with E-state index in [0.717, 1.165) is 12.1 Å². The Morgan fingerprint density at radius 2 is 1.41 bits per heavy atom. The minimum atomic E-state index is -0.747. The van der Waals surface area contributed by atoms with Gasteiger partial charge in [0.1, 0.15) is 5.52 Å². The second kappa shape index (κ2) is 4.48. The average Bonchev–Trinajstić information content (AvgIpc) is 2.83. The van der Waals surface area contributed by atoms with Gasteiger partial charge in [-0.3, -0.25) is 30.3 Å². The zero-order valence-electron chi connectivity index (χ0n) is 10.7. The number of hydrogen-bond acceptors (Lipinski definition) is 6. The molecule has 0 radical (unpaired) electrons. The highest BCUT2D eigenvalue weighted by Gasteiger charge is 2.23. The third-order valence-electron chi connectivity index (χ3n) is 3.27. The standard InChI is InChI=1S/C12H6N4O6/c17-14(18)6-1-2-10-8(3-6)9-4-7(15(19)20)5-11(16(21)22)12(9)13-10/h1-5,13H. The molecule has 0 atom stereocenters. The molecule has 0 aliphatic heterocycles. The molecule has 3 aromatic rings. The number of nitrogens with one attached hydrogen (secondary N) is 1. The number of hydrogen-bond donors (Lipinski definition) is 1. The topological polar surface area (TPSA) is 145 Å². The van der Waals surface area contributed by atoms with Crippen LogP contribution in [0.15, 0.2) is 30.3 Å². The van der Waals surface area contributed by atoms with Crippen LogP contribution in [-0.2, 0) is 0 Å². The lowest BCUT2D eigenvalue weighted by Gasteiger charge is -1.96. The molecule has 10 heteroatoms. The van der Waals surface area contributed by atoms with Crippen molar-refractivity contribution in [2.45, 2.75) is 0 Å². The van der Waals surface area contributed by atoms with Crippen LogP contribution in [0.25, 0.3) is 21.8 Å². The Balaban J connectivity index is 2.47. The van der Waals surface area contributed by atoms with Gasteiger partial charge in [-0.2, -0.15) is 0 Å². The van der Waals surface area contributed by atoms with Gasteiger partial charge >= 0.3 is 0 Å². The van der Waals surface area contributed by atoms with Crippen LogP contribution in [0.5, 0.6) is 0 Å². The molecule has 0 saturated carbocycles. The summed E-state index contributed by atoms with van der Waals surface area (Å²) in [7, 11) is 0. The van der Waals surface area contributed by atoms with Gasteiger partial charge in [-0.15, -0.1) is 0 Å². The molecular formula is C12H6N4O6. The van der Waals surface area contributed by atoms with Crippen molar-refractivity contribution in [3.05, 3.63) is 60.7 Å². The zero-order valence-corrected chi connectivity index (χ0v) is 10.7. The van der Waals surface area contributed by atoms with Crippen molar-refractivity contribution >= 4 is 38.9 Å². The van der Waals surface area contributed by atoms with Crippen LogP contribution in [0.4, 0.5) is 17.1 Å². The molecule has 1 aromatic heterocycles. The van der Waals surface area contributed by atoms with Crippen molar-refractivity contribution in [3.8, 4) is 0 Å². The van der Waals surface area contributed by atoms with Crippen molar-refractivity contribution in [2.24, 2.45) is 0 Å². The monoisotopic (exact) mass is 302 g/mol. The number of aromatic nitrogens is 1. The second-order valence-electron chi connectivity index (χ2n) is 4.51. The number of nitro groups is 3. The van der Waals surface area contributed by atoms with Gasteiger partial charge in [0, 0.05) is 34.5 Å². The van der Waals surface area contributed by atoms with Crippen molar-refractivity contribution in [3.63, 3.8) is 0 Å². The first kappa shape index (κ1) is 13.4. The van der Waals surface area contributed by atoms with E-state index in [-0.39, 0.29) is 16.6 Å². The van der Waals surface area contributed by atoms with Gasteiger partial charge in [0.25, 0.3) is 17.1 Å². The fourth-order valence-corrected chi connectivity index (χ4v) is 2.32. The summed E-state index contributed by atoms with van der Waals surface area (Å²) in [6.45, 7) is 0. The number of aromatic amines is 1. The minimum Gasteiger partial charge on any atom is -0.349 e. The second-order valence-corrected chi connectivity index (χ2v) is 4.51. The molecule has 1 N–H and O–H groups in total. The van der Waals surface area contributed by atoms with Crippen LogP contribution in [-0.4, -0.2) is 19.8 Å². The molecule has 0 amide bonds. The average molecular weight is 302 g/mol. The van der Waals surface area contributed by atoms with Crippen molar-refractivity contribution in [2.75, 3.05) is 0 Å². The molecule has 0 saturated heterocycles.